The molecule has 1 aromatic heterocycles. The molecule has 13 heteroatoms. The highest BCUT2D eigenvalue weighted by Crippen LogP contribution is 2.23. The smallest absolute Gasteiger partial charge is 0.422 e. The number of alkyl halides is 6. The second-order valence-corrected chi connectivity index (χ2v) is 5.63. The maximum absolute atomic E-state index is 12.2. The summed E-state index contributed by atoms with van der Waals surface area (Å²) in [4.78, 5) is 21.4. The molecule has 1 aromatic rings. The van der Waals surface area contributed by atoms with Crippen molar-refractivity contribution in [2.45, 2.75) is 33.1 Å². The first kappa shape index (κ1) is 20.7. The van der Waals surface area contributed by atoms with Gasteiger partial charge in [0.05, 0.1) is 5.41 Å². The van der Waals surface area contributed by atoms with Gasteiger partial charge in [0.15, 0.2) is 13.2 Å². The molecule has 1 heterocycles. The molecule has 0 aliphatic heterocycles. The molecule has 0 atom stereocenters. The van der Waals surface area contributed by atoms with Gasteiger partial charge in [-0.05, 0) is 20.8 Å². The van der Waals surface area contributed by atoms with E-state index in [1.54, 1.807) is 0 Å². The molecule has 0 amide bonds. The summed E-state index contributed by atoms with van der Waals surface area (Å²) in [6, 6.07) is -2.88. The molecule has 0 saturated heterocycles. The average Bonchev–Trinajstić information content (AvgIpc) is 2.40. The molecule has 0 aliphatic carbocycles. The van der Waals surface area contributed by atoms with Crippen LogP contribution in [0.1, 0.15) is 20.8 Å². The van der Waals surface area contributed by atoms with Crippen LogP contribution in [0.5, 0.6) is 18.0 Å². The lowest BCUT2D eigenvalue weighted by Crippen LogP contribution is -2.27. The normalized spacial score (nSPS) is 12.7. The number of esters is 1. The van der Waals surface area contributed by atoms with Crippen molar-refractivity contribution in [3.8, 4) is 18.0 Å². The first-order valence-corrected chi connectivity index (χ1v) is 6.53. The Labute approximate surface area is 137 Å². The van der Waals surface area contributed by atoms with E-state index in [-0.39, 0.29) is 0 Å². The van der Waals surface area contributed by atoms with Crippen molar-refractivity contribution in [2.75, 3.05) is 13.2 Å². The Balaban J connectivity index is 3.02. The summed E-state index contributed by atoms with van der Waals surface area (Å²) in [5.74, 6) is -0.887. The molecular weight excluding hydrogens is 364 g/mol. The topological polar surface area (TPSA) is 83.4 Å². The lowest BCUT2D eigenvalue weighted by molar-refractivity contribution is -0.156. The van der Waals surface area contributed by atoms with Gasteiger partial charge in [0.1, 0.15) is 0 Å². The van der Waals surface area contributed by atoms with Gasteiger partial charge in [0.25, 0.3) is 0 Å². The number of rotatable bonds is 5. The van der Waals surface area contributed by atoms with E-state index in [9.17, 15) is 31.1 Å². The summed E-state index contributed by atoms with van der Waals surface area (Å²) in [7, 11) is 0. The molecule has 142 valence electrons. The van der Waals surface area contributed by atoms with Crippen molar-refractivity contribution in [1.29, 1.82) is 0 Å². The third-order valence-electron chi connectivity index (χ3n) is 2.10. The minimum Gasteiger partial charge on any atom is -0.454 e. The van der Waals surface area contributed by atoms with E-state index in [0.29, 0.717) is 0 Å². The lowest BCUT2D eigenvalue weighted by Gasteiger charge is -2.16. The fourth-order valence-corrected chi connectivity index (χ4v) is 1.02. The summed E-state index contributed by atoms with van der Waals surface area (Å²) >= 11 is 0. The highest BCUT2D eigenvalue weighted by Gasteiger charge is 2.32. The summed E-state index contributed by atoms with van der Waals surface area (Å²) in [6.45, 7) is 0.737. The Hall–Kier alpha value is -2.34. The number of nitrogens with zero attached hydrogens (tertiary/aromatic N) is 3. The van der Waals surface area contributed by atoms with Crippen LogP contribution in [0.4, 0.5) is 26.3 Å². The molecule has 0 fully saturated rings. The zero-order chi connectivity index (χ0) is 19.5. The zero-order valence-corrected chi connectivity index (χ0v) is 13.2. The van der Waals surface area contributed by atoms with E-state index in [4.69, 9.17) is 4.74 Å². The second kappa shape index (κ2) is 7.27. The van der Waals surface area contributed by atoms with Crippen molar-refractivity contribution in [3.63, 3.8) is 0 Å². The van der Waals surface area contributed by atoms with Crippen molar-refractivity contribution in [3.05, 3.63) is 0 Å². The van der Waals surface area contributed by atoms with Gasteiger partial charge >= 0.3 is 36.4 Å². The number of hydrogen-bond acceptors (Lipinski definition) is 7. The van der Waals surface area contributed by atoms with Crippen molar-refractivity contribution >= 4 is 5.97 Å². The first-order chi connectivity index (χ1) is 11.2. The monoisotopic (exact) mass is 377 g/mol. The van der Waals surface area contributed by atoms with Crippen LogP contribution in [0.3, 0.4) is 0 Å². The Morgan fingerprint density at radius 2 is 1.16 bits per heavy atom. The standard InChI is InChI=1S/C12H13F6N3O4/c1-10(2,3)6(22)25-9-20-7(23-4-11(13,14)15)19-8(21-9)24-5-12(16,17)18/h4-5H2,1-3H3. The van der Waals surface area contributed by atoms with Crippen molar-refractivity contribution in [1.82, 2.24) is 15.0 Å². The van der Waals surface area contributed by atoms with Gasteiger partial charge in [-0.1, -0.05) is 0 Å². The molecule has 1 rings (SSSR count). The highest BCUT2D eigenvalue weighted by molar-refractivity contribution is 5.77. The van der Waals surface area contributed by atoms with Gasteiger partial charge in [0, 0.05) is 0 Å². The minimum atomic E-state index is -4.75. The Morgan fingerprint density at radius 3 is 1.48 bits per heavy atom. The van der Waals surface area contributed by atoms with Gasteiger partial charge in [-0.25, -0.2) is 0 Å². The third-order valence-corrected chi connectivity index (χ3v) is 2.10. The largest absolute Gasteiger partial charge is 0.454 e. The maximum Gasteiger partial charge on any atom is 0.422 e. The number of halogens is 6. The van der Waals surface area contributed by atoms with Gasteiger partial charge in [0.2, 0.25) is 0 Å². The molecule has 0 bridgehead atoms. The quantitative estimate of drug-likeness (QED) is 0.576. The molecule has 0 aromatic carbocycles. The van der Waals surface area contributed by atoms with Crippen LogP contribution < -0.4 is 14.2 Å². The molecule has 0 radical (unpaired) electrons. The Bertz CT molecular complexity index is 576. The van der Waals surface area contributed by atoms with Crippen molar-refractivity contribution in [2.24, 2.45) is 5.41 Å². The van der Waals surface area contributed by atoms with E-state index in [0.717, 1.165) is 0 Å². The highest BCUT2D eigenvalue weighted by atomic mass is 19.4. The predicted octanol–water partition coefficient (Wildman–Crippen LogP) is 2.71. The van der Waals surface area contributed by atoms with Crippen LogP contribution in [0.2, 0.25) is 0 Å². The fraction of sp³-hybridized carbons (Fsp3) is 0.667. The Morgan fingerprint density at radius 1 is 0.800 bits per heavy atom. The molecule has 0 spiro atoms. The molecular formula is C12H13F6N3O4. The molecule has 0 aliphatic rings. The molecule has 0 unspecified atom stereocenters. The number of aromatic nitrogens is 3. The van der Waals surface area contributed by atoms with Gasteiger partial charge < -0.3 is 14.2 Å². The SMILES string of the molecule is CC(C)(C)C(=O)Oc1nc(OCC(F)(F)F)nc(OCC(F)(F)F)n1. The molecule has 25 heavy (non-hydrogen) atoms. The van der Waals surface area contributed by atoms with Crippen LogP contribution in [0.25, 0.3) is 0 Å². The molecule has 0 saturated carbocycles. The Kier molecular flexibility index (Phi) is 6.02. The molecule has 7 nitrogen and oxygen atoms in total. The number of carbonyl (C=O) groups excluding carboxylic acids is 1. The third kappa shape index (κ3) is 8.35. The number of carbonyl (C=O) groups is 1. The summed E-state index contributed by atoms with van der Waals surface area (Å²) in [5.41, 5.74) is -1.04. The average molecular weight is 377 g/mol. The van der Waals surface area contributed by atoms with E-state index >= 15 is 0 Å². The van der Waals surface area contributed by atoms with Crippen LogP contribution in [-0.2, 0) is 4.79 Å². The van der Waals surface area contributed by atoms with Gasteiger partial charge in [-0.3, -0.25) is 4.79 Å². The molecule has 0 N–H and O–H groups in total. The summed E-state index contributed by atoms with van der Waals surface area (Å²) < 4.78 is 86.0. The first-order valence-electron chi connectivity index (χ1n) is 6.53. The van der Waals surface area contributed by atoms with Gasteiger partial charge in [-0.15, -0.1) is 15.0 Å². The maximum atomic E-state index is 12.2. The van der Waals surface area contributed by atoms with E-state index < -0.39 is 55.0 Å². The van der Waals surface area contributed by atoms with Crippen LogP contribution in [0.15, 0.2) is 0 Å². The van der Waals surface area contributed by atoms with Crippen LogP contribution in [-0.4, -0.2) is 46.5 Å². The predicted molar refractivity (Wildman–Crippen MR) is 68.0 cm³/mol. The number of hydrogen-bond donors (Lipinski definition) is 0. The minimum absolute atomic E-state index is 0.857. The van der Waals surface area contributed by atoms with Crippen LogP contribution >= 0.6 is 0 Å². The van der Waals surface area contributed by atoms with Crippen molar-refractivity contribution < 1.29 is 45.3 Å². The van der Waals surface area contributed by atoms with Gasteiger partial charge in [-0.2, -0.15) is 26.3 Å². The second-order valence-electron chi connectivity index (χ2n) is 5.63. The fourth-order valence-electron chi connectivity index (χ4n) is 1.02. The van der Waals surface area contributed by atoms with E-state index in [2.05, 4.69) is 24.4 Å². The number of ether oxygens (including phenoxy) is 3. The van der Waals surface area contributed by atoms with E-state index in [1.807, 2.05) is 0 Å². The van der Waals surface area contributed by atoms with Crippen LogP contribution in [0, 0.1) is 5.41 Å². The zero-order valence-electron chi connectivity index (χ0n) is 13.2. The lowest BCUT2D eigenvalue weighted by atomic mass is 9.98. The van der Waals surface area contributed by atoms with E-state index in [1.165, 1.54) is 20.8 Å². The summed E-state index contributed by atoms with van der Waals surface area (Å²) in [5, 5.41) is 0. The summed E-state index contributed by atoms with van der Waals surface area (Å²) in [6.07, 6.45) is -9.50.